The zero-order valence-corrected chi connectivity index (χ0v) is 13.5. The average Bonchev–Trinajstić information content (AvgIpc) is 3.21. The van der Waals surface area contributed by atoms with E-state index < -0.39 is 6.09 Å². The Labute approximate surface area is 143 Å². The Hall–Kier alpha value is -2.91. The van der Waals surface area contributed by atoms with Gasteiger partial charge in [-0.15, -0.1) is 0 Å². The van der Waals surface area contributed by atoms with Gasteiger partial charge >= 0.3 is 6.09 Å². The number of ether oxygens (including phenoxy) is 1. The van der Waals surface area contributed by atoms with E-state index in [4.69, 9.17) is 9.84 Å². The number of hydrogen-bond donors (Lipinski definition) is 4. The number of hydrogen-bond acceptors (Lipinski definition) is 5. The molecule has 3 aromatic rings. The molecule has 0 spiro atoms. The van der Waals surface area contributed by atoms with Crippen LogP contribution in [0.3, 0.4) is 0 Å². The van der Waals surface area contributed by atoms with Gasteiger partial charge in [-0.25, -0.2) is 9.78 Å². The smallest absolute Gasteiger partial charge is 0.409 e. The third-order valence-electron chi connectivity index (χ3n) is 4.16. The first-order valence-corrected chi connectivity index (χ1v) is 8.02. The number of carboxylic acid groups (broad SMARTS) is 1. The van der Waals surface area contributed by atoms with Gasteiger partial charge in [-0.05, 0) is 17.7 Å². The van der Waals surface area contributed by atoms with Crippen molar-refractivity contribution >= 4 is 22.8 Å². The minimum atomic E-state index is -1.15. The van der Waals surface area contributed by atoms with Gasteiger partial charge in [0.2, 0.25) is 0 Å². The van der Waals surface area contributed by atoms with Crippen molar-refractivity contribution in [3.05, 3.63) is 30.0 Å². The predicted molar refractivity (Wildman–Crippen MR) is 91.4 cm³/mol. The molecule has 0 saturated carbocycles. The first-order valence-electron chi connectivity index (χ1n) is 8.02. The highest BCUT2D eigenvalue weighted by Crippen LogP contribution is 2.26. The second kappa shape index (κ2) is 6.54. The van der Waals surface area contributed by atoms with Crippen molar-refractivity contribution < 1.29 is 14.6 Å². The summed E-state index contributed by atoms with van der Waals surface area (Å²) in [4.78, 5) is 21.0. The van der Waals surface area contributed by atoms with Gasteiger partial charge in [0.15, 0.2) is 11.5 Å². The highest BCUT2D eigenvalue weighted by atomic mass is 16.5. The monoisotopic (exact) mass is 342 g/mol. The SMILES string of the molecule is O=C(O)Nc1c[nH]nc1-c1nc2cc(CN3CCOCC3)ccc2[nH]1. The number of amides is 1. The third-order valence-corrected chi connectivity index (χ3v) is 4.16. The Morgan fingerprint density at radius 2 is 2.20 bits per heavy atom. The van der Waals surface area contributed by atoms with E-state index in [1.807, 2.05) is 12.1 Å². The average molecular weight is 342 g/mol. The standard InChI is InChI=1S/C16H18N6O3/c23-16(24)20-13-8-17-21-14(13)15-18-11-2-1-10(7-12(11)19-15)9-22-3-5-25-6-4-22/h1-2,7-8,20H,3-6,9H2,(H,17,21)(H,18,19)(H,23,24). The molecular formula is C16H18N6O3. The van der Waals surface area contributed by atoms with Gasteiger partial charge < -0.3 is 14.8 Å². The van der Waals surface area contributed by atoms with Crippen LogP contribution in [0.4, 0.5) is 10.5 Å². The molecule has 0 atom stereocenters. The summed E-state index contributed by atoms with van der Waals surface area (Å²) in [7, 11) is 0. The van der Waals surface area contributed by atoms with E-state index in [9.17, 15) is 4.79 Å². The van der Waals surface area contributed by atoms with Crippen LogP contribution in [0.2, 0.25) is 0 Å². The second-order valence-corrected chi connectivity index (χ2v) is 5.90. The van der Waals surface area contributed by atoms with Crippen LogP contribution in [0.25, 0.3) is 22.6 Å². The quantitative estimate of drug-likeness (QED) is 0.575. The summed E-state index contributed by atoms with van der Waals surface area (Å²) in [5.41, 5.74) is 3.68. The van der Waals surface area contributed by atoms with Gasteiger partial charge in [0, 0.05) is 25.8 Å². The maximum atomic E-state index is 10.9. The number of aromatic amines is 2. The molecule has 1 aliphatic heterocycles. The third kappa shape index (κ3) is 3.32. The second-order valence-electron chi connectivity index (χ2n) is 5.90. The number of anilines is 1. The van der Waals surface area contributed by atoms with E-state index in [0.29, 0.717) is 17.2 Å². The van der Waals surface area contributed by atoms with Crippen LogP contribution in [0.15, 0.2) is 24.4 Å². The number of nitrogens with one attached hydrogen (secondary N) is 3. The lowest BCUT2D eigenvalue weighted by Gasteiger charge is -2.26. The first-order chi connectivity index (χ1) is 12.2. The van der Waals surface area contributed by atoms with Crippen molar-refractivity contribution in [3.8, 4) is 11.5 Å². The molecule has 0 bridgehead atoms. The van der Waals surface area contributed by atoms with Crippen molar-refractivity contribution in [2.45, 2.75) is 6.54 Å². The van der Waals surface area contributed by atoms with E-state index in [2.05, 4.69) is 36.4 Å². The van der Waals surface area contributed by atoms with Gasteiger partial charge in [0.05, 0.1) is 29.9 Å². The van der Waals surface area contributed by atoms with Crippen LogP contribution < -0.4 is 5.32 Å². The fourth-order valence-electron chi connectivity index (χ4n) is 2.96. The van der Waals surface area contributed by atoms with Crippen LogP contribution in [-0.4, -0.2) is 62.6 Å². The molecular weight excluding hydrogens is 324 g/mol. The molecule has 130 valence electrons. The van der Waals surface area contributed by atoms with Gasteiger partial charge in [0.1, 0.15) is 0 Å². The number of rotatable bonds is 4. The van der Waals surface area contributed by atoms with Gasteiger partial charge in [-0.1, -0.05) is 6.07 Å². The number of aromatic nitrogens is 4. The van der Waals surface area contributed by atoms with Crippen molar-refractivity contribution in [1.82, 2.24) is 25.1 Å². The van der Waals surface area contributed by atoms with E-state index in [-0.39, 0.29) is 0 Å². The Morgan fingerprint density at radius 1 is 1.36 bits per heavy atom. The van der Waals surface area contributed by atoms with Gasteiger partial charge in [-0.2, -0.15) is 5.10 Å². The van der Waals surface area contributed by atoms with Crippen LogP contribution in [0.1, 0.15) is 5.56 Å². The largest absolute Gasteiger partial charge is 0.465 e. The number of imidazole rings is 1. The van der Waals surface area contributed by atoms with Crippen LogP contribution in [-0.2, 0) is 11.3 Å². The van der Waals surface area contributed by atoms with Crippen molar-refractivity contribution in [1.29, 1.82) is 0 Å². The predicted octanol–water partition coefficient (Wildman–Crippen LogP) is 1.88. The molecule has 0 unspecified atom stereocenters. The first kappa shape index (κ1) is 15.6. The summed E-state index contributed by atoms with van der Waals surface area (Å²) in [5, 5.41) is 17.9. The van der Waals surface area contributed by atoms with Crippen LogP contribution >= 0.6 is 0 Å². The van der Waals surface area contributed by atoms with Crippen molar-refractivity contribution in [2.75, 3.05) is 31.6 Å². The molecule has 25 heavy (non-hydrogen) atoms. The van der Waals surface area contributed by atoms with Crippen LogP contribution in [0, 0.1) is 0 Å². The number of morpholine rings is 1. The maximum absolute atomic E-state index is 10.9. The molecule has 1 saturated heterocycles. The lowest BCUT2D eigenvalue weighted by atomic mass is 10.2. The van der Waals surface area contributed by atoms with E-state index >= 15 is 0 Å². The highest BCUT2D eigenvalue weighted by Gasteiger charge is 2.16. The van der Waals surface area contributed by atoms with Gasteiger partial charge in [-0.3, -0.25) is 15.3 Å². The molecule has 1 aromatic carbocycles. The van der Waals surface area contributed by atoms with E-state index in [1.165, 1.54) is 11.8 Å². The molecule has 0 radical (unpaired) electrons. The number of benzene rings is 1. The summed E-state index contributed by atoms with van der Waals surface area (Å²) >= 11 is 0. The molecule has 1 amide bonds. The Kier molecular flexibility index (Phi) is 4.08. The summed E-state index contributed by atoms with van der Waals surface area (Å²) in [6.45, 7) is 4.26. The minimum Gasteiger partial charge on any atom is -0.465 e. The van der Waals surface area contributed by atoms with Crippen molar-refractivity contribution in [2.24, 2.45) is 0 Å². The molecule has 9 heteroatoms. The summed E-state index contributed by atoms with van der Waals surface area (Å²) in [6.07, 6.45) is 0.340. The highest BCUT2D eigenvalue weighted by molar-refractivity contribution is 5.89. The molecule has 4 rings (SSSR count). The number of fused-ring (bicyclic) bond motifs is 1. The number of nitrogens with zero attached hydrogens (tertiary/aromatic N) is 3. The zero-order chi connectivity index (χ0) is 17.2. The van der Waals surface area contributed by atoms with E-state index in [1.54, 1.807) is 0 Å². The Morgan fingerprint density at radius 3 is 3.00 bits per heavy atom. The normalized spacial score (nSPS) is 15.5. The molecule has 1 fully saturated rings. The van der Waals surface area contributed by atoms with Gasteiger partial charge in [0.25, 0.3) is 0 Å². The fourth-order valence-corrected chi connectivity index (χ4v) is 2.96. The Bertz CT molecular complexity index is 896. The zero-order valence-electron chi connectivity index (χ0n) is 13.5. The fraction of sp³-hybridized carbons (Fsp3) is 0.312. The van der Waals surface area contributed by atoms with Crippen molar-refractivity contribution in [3.63, 3.8) is 0 Å². The minimum absolute atomic E-state index is 0.361. The maximum Gasteiger partial charge on any atom is 0.409 e. The topological polar surface area (TPSA) is 119 Å². The summed E-state index contributed by atoms with van der Waals surface area (Å²) < 4.78 is 5.37. The Balaban J connectivity index is 1.60. The number of carbonyl (C=O) groups is 1. The summed E-state index contributed by atoms with van der Waals surface area (Å²) in [6, 6.07) is 6.10. The summed E-state index contributed by atoms with van der Waals surface area (Å²) in [5.74, 6) is 0.517. The molecule has 9 nitrogen and oxygen atoms in total. The van der Waals surface area contributed by atoms with E-state index in [0.717, 1.165) is 43.9 Å². The molecule has 3 heterocycles. The molecule has 0 aliphatic carbocycles. The lowest BCUT2D eigenvalue weighted by Crippen LogP contribution is -2.35. The molecule has 4 N–H and O–H groups in total. The van der Waals surface area contributed by atoms with Crippen LogP contribution in [0.5, 0.6) is 0 Å². The molecule has 2 aromatic heterocycles. The number of H-pyrrole nitrogens is 2. The molecule has 1 aliphatic rings. The lowest BCUT2D eigenvalue weighted by molar-refractivity contribution is 0.0342.